The molecule has 406 valence electrons. The Morgan fingerprint density at radius 2 is 1.49 bits per heavy atom. The summed E-state index contributed by atoms with van der Waals surface area (Å²) in [7, 11) is 1.70. The first-order chi connectivity index (χ1) is 37.0. The van der Waals surface area contributed by atoms with Gasteiger partial charge in [-0.3, -0.25) is 24.5 Å². The van der Waals surface area contributed by atoms with Crippen molar-refractivity contribution in [2.75, 3.05) is 114 Å². The van der Waals surface area contributed by atoms with Gasteiger partial charge in [-0.15, -0.1) is 6.42 Å². The Labute approximate surface area is 445 Å². The van der Waals surface area contributed by atoms with Crippen LogP contribution in [0.2, 0.25) is 0 Å². The van der Waals surface area contributed by atoms with Gasteiger partial charge in [0.05, 0.1) is 95.0 Å². The van der Waals surface area contributed by atoms with Crippen molar-refractivity contribution in [3.63, 3.8) is 0 Å². The molecule has 0 bridgehead atoms. The van der Waals surface area contributed by atoms with Crippen molar-refractivity contribution in [2.24, 2.45) is 0 Å². The Balaban J connectivity index is 0.799. The molecule has 2 atom stereocenters. The molecule has 1 saturated carbocycles. The zero-order valence-corrected chi connectivity index (χ0v) is 44.3. The summed E-state index contributed by atoms with van der Waals surface area (Å²) in [5.41, 5.74) is 7.17. The molecule has 1 aliphatic carbocycles. The third-order valence-corrected chi connectivity index (χ3v) is 14.1. The SMILES string of the molecule is C#CCOCCOCCOCCOCCOCCC(=O)Nc1ccc(COC(=O)N(C)[C@H]2CCN(c3cc4c(cc3F)c(=O)c(CN(Cc3ccnc(C)c3)[C@H]3CCCN(c5ccc(C)nc5)C3)cn4C3CC3)C2)cc1. The number of carbonyl (C=O) groups is 2. The van der Waals surface area contributed by atoms with Gasteiger partial charge in [-0.05, 0) is 106 Å². The molecule has 3 fully saturated rings. The summed E-state index contributed by atoms with van der Waals surface area (Å²) < 4.78 is 51.3. The summed E-state index contributed by atoms with van der Waals surface area (Å²) in [6, 6.07) is 18.9. The molecule has 0 spiro atoms. The van der Waals surface area contributed by atoms with Crippen LogP contribution >= 0.6 is 0 Å². The summed E-state index contributed by atoms with van der Waals surface area (Å²) in [6.07, 6.45) is 15.2. The lowest BCUT2D eigenvalue weighted by Gasteiger charge is -2.40. The van der Waals surface area contributed by atoms with E-state index < -0.39 is 11.9 Å². The molecule has 5 heterocycles. The molecule has 0 radical (unpaired) electrons. The second-order valence-electron chi connectivity index (χ2n) is 19.8. The standard InChI is InChI=1S/C58H73FN8O9/c1-5-22-71-24-26-73-28-30-75-31-29-74-27-25-72-23-18-56(68)62-47-11-9-44(10-12-47)41-76-58(70)63(4)50-17-21-65(39-50)55-34-54-52(33-53(55)59)57(69)46(38-67(54)48-14-15-48)37-66(36-45-16-19-60-43(3)32-45)51-7-6-20-64(40-51)49-13-8-42(2)61-35-49/h1,8-13,16,19,32-35,38,48,50-51H,6-7,14-15,17-18,20-31,36-37,39-41H2,2-4H3,(H,62,68)/t50-,51-/m0/s1. The molecule has 5 aromatic rings. The van der Waals surface area contributed by atoms with Crippen LogP contribution in [0.15, 0.2) is 84.0 Å². The molecule has 17 nitrogen and oxygen atoms in total. The number of fused-ring (bicyclic) bond motifs is 1. The lowest BCUT2D eigenvalue weighted by molar-refractivity contribution is -0.117. The van der Waals surface area contributed by atoms with Gasteiger partial charge in [0.15, 0.2) is 5.43 Å². The highest BCUT2D eigenvalue weighted by molar-refractivity contribution is 5.90. The average molecular weight is 1050 g/mol. The van der Waals surface area contributed by atoms with Gasteiger partial charge in [-0.1, -0.05) is 18.1 Å². The third kappa shape index (κ3) is 16.0. The second kappa shape index (κ2) is 28.1. The number of aromatic nitrogens is 3. The van der Waals surface area contributed by atoms with Crippen LogP contribution in [0.5, 0.6) is 0 Å². The number of rotatable bonds is 28. The van der Waals surface area contributed by atoms with Crippen molar-refractivity contribution < 1.29 is 42.4 Å². The maximum Gasteiger partial charge on any atom is 0.410 e. The molecular weight excluding hydrogens is 972 g/mol. The van der Waals surface area contributed by atoms with Crippen molar-refractivity contribution >= 4 is 40.0 Å². The number of likely N-dealkylation sites (N-methyl/N-ethyl adjacent to an activating group) is 1. The van der Waals surface area contributed by atoms with Crippen molar-refractivity contribution in [3.05, 3.63) is 123 Å². The fourth-order valence-electron chi connectivity index (χ4n) is 9.79. The number of hydrogen-bond acceptors (Lipinski definition) is 14. The first kappa shape index (κ1) is 55.8. The van der Waals surface area contributed by atoms with Gasteiger partial charge in [-0.25, -0.2) is 9.18 Å². The van der Waals surface area contributed by atoms with Gasteiger partial charge in [0.25, 0.3) is 0 Å². The van der Waals surface area contributed by atoms with Crippen LogP contribution in [0, 0.1) is 32.0 Å². The highest BCUT2D eigenvalue weighted by atomic mass is 19.1. The highest BCUT2D eigenvalue weighted by Crippen LogP contribution is 2.39. The fourth-order valence-corrected chi connectivity index (χ4v) is 9.79. The number of nitrogens with zero attached hydrogens (tertiary/aromatic N) is 7. The van der Waals surface area contributed by atoms with E-state index in [1.165, 1.54) is 6.07 Å². The predicted octanol–water partition coefficient (Wildman–Crippen LogP) is 7.45. The van der Waals surface area contributed by atoms with E-state index in [2.05, 4.69) is 47.7 Å². The van der Waals surface area contributed by atoms with E-state index in [1.807, 2.05) is 55.5 Å². The summed E-state index contributed by atoms with van der Waals surface area (Å²) in [5.74, 6) is 1.75. The normalized spacial score (nSPS) is 16.6. The van der Waals surface area contributed by atoms with E-state index in [-0.39, 0.29) is 55.7 Å². The Bertz CT molecular complexity index is 2790. The summed E-state index contributed by atoms with van der Waals surface area (Å²) in [5, 5.41) is 3.24. The van der Waals surface area contributed by atoms with E-state index in [4.69, 9.17) is 34.8 Å². The minimum absolute atomic E-state index is 0.0414. The van der Waals surface area contributed by atoms with Crippen molar-refractivity contribution in [2.45, 2.75) is 90.2 Å². The minimum Gasteiger partial charge on any atom is -0.445 e. The smallest absolute Gasteiger partial charge is 0.410 e. The van der Waals surface area contributed by atoms with Crippen LogP contribution in [0.1, 0.15) is 72.6 Å². The number of halogens is 1. The van der Waals surface area contributed by atoms with Crippen molar-refractivity contribution in [1.29, 1.82) is 0 Å². The monoisotopic (exact) mass is 1040 g/mol. The largest absolute Gasteiger partial charge is 0.445 e. The van der Waals surface area contributed by atoms with E-state index in [0.717, 1.165) is 72.5 Å². The van der Waals surface area contributed by atoms with E-state index in [0.29, 0.717) is 108 Å². The van der Waals surface area contributed by atoms with Gasteiger partial charge >= 0.3 is 6.09 Å². The molecule has 2 aromatic carbocycles. The molecule has 18 heteroatoms. The molecule has 0 unspecified atom stereocenters. The second-order valence-corrected chi connectivity index (χ2v) is 19.8. The highest BCUT2D eigenvalue weighted by Gasteiger charge is 2.33. The summed E-state index contributed by atoms with van der Waals surface area (Å²) >= 11 is 0. The number of amides is 2. The van der Waals surface area contributed by atoms with Crippen LogP contribution in [0.4, 0.5) is 26.2 Å². The summed E-state index contributed by atoms with van der Waals surface area (Å²) in [6.45, 7) is 11.7. The van der Waals surface area contributed by atoms with Crippen LogP contribution in [-0.4, -0.2) is 148 Å². The third-order valence-electron chi connectivity index (χ3n) is 14.1. The maximum atomic E-state index is 16.5. The molecular formula is C58H73FN8O9. The van der Waals surface area contributed by atoms with Crippen molar-refractivity contribution in [1.82, 2.24) is 24.3 Å². The number of piperidine rings is 1. The molecule has 76 heavy (non-hydrogen) atoms. The number of ether oxygens (including phenoxy) is 6. The van der Waals surface area contributed by atoms with Crippen LogP contribution in [0.25, 0.3) is 10.9 Å². The zero-order valence-electron chi connectivity index (χ0n) is 44.3. The average Bonchev–Trinajstić information content (AvgIpc) is 4.21. The van der Waals surface area contributed by atoms with E-state index in [1.54, 1.807) is 36.2 Å². The van der Waals surface area contributed by atoms with Crippen molar-refractivity contribution in [3.8, 4) is 12.3 Å². The molecule has 1 N–H and O–H groups in total. The van der Waals surface area contributed by atoms with Crippen LogP contribution in [-0.2, 0) is 52.9 Å². The number of anilines is 3. The van der Waals surface area contributed by atoms with E-state index in [9.17, 15) is 14.4 Å². The van der Waals surface area contributed by atoms with Gasteiger partial charge < -0.3 is 53.0 Å². The number of carbonyl (C=O) groups excluding carboxylic acids is 2. The van der Waals surface area contributed by atoms with E-state index >= 15 is 4.39 Å². The van der Waals surface area contributed by atoms with Gasteiger partial charge in [0.2, 0.25) is 5.91 Å². The van der Waals surface area contributed by atoms with Gasteiger partial charge in [-0.2, -0.15) is 0 Å². The lowest BCUT2D eigenvalue weighted by Crippen LogP contribution is -2.48. The molecule has 2 amide bonds. The number of pyridine rings is 3. The first-order valence-corrected chi connectivity index (χ1v) is 26.6. The molecule has 3 aliphatic rings. The first-order valence-electron chi connectivity index (χ1n) is 26.6. The Kier molecular flexibility index (Phi) is 20.6. The number of terminal acetylenes is 1. The number of nitrogens with one attached hydrogen (secondary N) is 1. The Morgan fingerprint density at radius 3 is 2.17 bits per heavy atom. The zero-order chi connectivity index (χ0) is 53.2. The maximum absolute atomic E-state index is 16.5. The van der Waals surface area contributed by atoms with Crippen LogP contribution in [0.3, 0.4) is 0 Å². The minimum atomic E-state index is -0.487. The number of aryl methyl sites for hydroxylation is 2. The molecule has 2 saturated heterocycles. The quantitative estimate of drug-likeness (QED) is 0.0389. The summed E-state index contributed by atoms with van der Waals surface area (Å²) in [4.78, 5) is 57.8. The van der Waals surface area contributed by atoms with Crippen LogP contribution < -0.4 is 20.5 Å². The molecule has 2 aliphatic heterocycles. The van der Waals surface area contributed by atoms with Gasteiger partial charge in [0, 0.05) is 98.8 Å². The lowest BCUT2D eigenvalue weighted by atomic mass is 10.0. The molecule has 3 aromatic heterocycles. The topological polar surface area (TPSA) is 162 Å². The number of benzene rings is 2. The fraction of sp³-hybridized carbons (Fsp3) is 0.500. The predicted molar refractivity (Wildman–Crippen MR) is 290 cm³/mol. The number of hydrogen-bond donors (Lipinski definition) is 1. The Hall–Kier alpha value is -6.46. The Morgan fingerprint density at radius 1 is 0.776 bits per heavy atom. The molecule has 8 rings (SSSR count). The van der Waals surface area contributed by atoms with Gasteiger partial charge in [0.1, 0.15) is 19.0 Å².